The molecule has 190 valence electrons. The second-order valence-corrected chi connectivity index (χ2v) is 12.6. The van der Waals surface area contributed by atoms with Crippen molar-refractivity contribution >= 4 is 27.7 Å². The third-order valence-electron chi connectivity index (χ3n) is 8.16. The quantitative estimate of drug-likeness (QED) is 0.599. The van der Waals surface area contributed by atoms with Crippen LogP contribution in [0.25, 0.3) is 6.08 Å². The molecule has 0 radical (unpaired) electrons. The monoisotopic (exact) mass is 506 g/mol. The van der Waals surface area contributed by atoms with Crippen LogP contribution in [0.1, 0.15) is 42.4 Å². The standard InChI is InChI=1S/C29H34N2O4S/c32-27(20-24-18-25-8-4-5-9-26(25)19-24)30-14-11-29(12-15-30)13-16-31(22-29)28(33)21-36(34,35)17-10-23-6-2-1-3-7-23/h1-10,17,24H,11-16,18-22H2. The molecule has 2 saturated heterocycles. The maximum absolute atomic E-state index is 13.0. The van der Waals surface area contributed by atoms with Crippen LogP contribution < -0.4 is 0 Å². The number of rotatable bonds is 6. The van der Waals surface area contributed by atoms with E-state index < -0.39 is 15.6 Å². The maximum Gasteiger partial charge on any atom is 0.238 e. The molecule has 36 heavy (non-hydrogen) atoms. The van der Waals surface area contributed by atoms with Crippen molar-refractivity contribution in [2.45, 2.75) is 38.5 Å². The number of nitrogens with zero attached hydrogens (tertiary/aromatic N) is 2. The van der Waals surface area contributed by atoms with Gasteiger partial charge in [0.25, 0.3) is 0 Å². The van der Waals surface area contributed by atoms with Gasteiger partial charge in [-0.1, -0.05) is 54.6 Å². The van der Waals surface area contributed by atoms with Gasteiger partial charge >= 0.3 is 0 Å². The maximum atomic E-state index is 13.0. The highest BCUT2D eigenvalue weighted by molar-refractivity contribution is 7.95. The fourth-order valence-electron chi connectivity index (χ4n) is 6.01. The largest absolute Gasteiger partial charge is 0.343 e. The van der Waals surface area contributed by atoms with Gasteiger partial charge in [0.05, 0.1) is 0 Å². The molecule has 0 atom stereocenters. The average Bonchev–Trinajstić information content (AvgIpc) is 3.47. The fourth-order valence-corrected chi connectivity index (χ4v) is 7.00. The van der Waals surface area contributed by atoms with E-state index >= 15 is 0 Å². The highest BCUT2D eigenvalue weighted by Crippen LogP contribution is 2.41. The van der Waals surface area contributed by atoms with Gasteiger partial charge in [-0.15, -0.1) is 0 Å². The Labute approximate surface area is 213 Å². The molecule has 7 heteroatoms. The van der Waals surface area contributed by atoms with Crippen molar-refractivity contribution in [3.8, 4) is 0 Å². The van der Waals surface area contributed by atoms with E-state index in [1.54, 1.807) is 4.90 Å². The molecule has 2 fully saturated rings. The first-order chi connectivity index (χ1) is 17.3. The van der Waals surface area contributed by atoms with Gasteiger partial charge < -0.3 is 9.80 Å². The number of carbonyl (C=O) groups excluding carboxylic acids is 2. The zero-order chi connectivity index (χ0) is 25.2. The van der Waals surface area contributed by atoms with Crippen LogP contribution in [0.15, 0.2) is 60.0 Å². The lowest BCUT2D eigenvalue weighted by Crippen LogP contribution is -2.45. The molecule has 3 aliphatic rings. The number of benzene rings is 2. The van der Waals surface area contributed by atoms with E-state index in [-0.39, 0.29) is 17.2 Å². The molecule has 0 aromatic heterocycles. The first kappa shape index (κ1) is 24.8. The number of sulfone groups is 1. The number of piperidine rings is 1. The molecular formula is C29H34N2O4S. The molecule has 5 rings (SSSR count). The van der Waals surface area contributed by atoms with Crippen LogP contribution >= 0.6 is 0 Å². The van der Waals surface area contributed by atoms with Gasteiger partial charge in [0.2, 0.25) is 11.8 Å². The zero-order valence-corrected chi connectivity index (χ0v) is 21.5. The summed E-state index contributed by atoms with van der Waals surface area (Å²) in [4.78, 5) is 29.5. The van der Waals surface area contributed by atoms with E-state index in [0.29, 0.717) is 25.4 Å². The first-order valence-corrected chi connectivity index (χ1v) is 14.6. The summed E-state index contributed by atoms with van der Waals surface area (Å²) in [5, 5.41) is 1.14. The van der Waals surface area contributed by atoms with Gasteiger partial charge in [-0.3, -0.25) is 9.59 Å². The smallest absolute Gasteiger partial charge is 0.238 e. The molecule has 2 aromatic carbocycles. The SMILES string of the molecule is O=C(CC1Cc2ccccc2C1)N1CCC2(CC1)CCN(C(=O)CS(=O)(=O)C=Cc1ccccc1)C2. The van der Waals surface area contributed by atoms with Crippen LogP contribution in [-0.2, 0) is 32.3 Å². The van der Waals surface area contributed by atoms with Crippen molar-refractivity contribution in [1.29, 1.82) is 0 Å². The van der Waals surface area contributed by atoms with E-state index in [1.165, 1.54) is 17.2 Å². The van der Waals surface area contributed by atoms with E-state index in [0.717, 1.165) is 56.2 Å². The molecule has 2 aliphatic heterocycles. The molecule has 1 spiro atoms. The Balaban J connectivity index is 1.09. The van der Waals surface area contributed by atoms with Gasteiger partial charge in [0.15, 0.2) is 9.84 Å². The zero-order valence-electron chi connectivity index (χ0n) is 20.6. The Hall–Kier alpha value is -2.93. The van der Waals surface area contributed by atoms with Crippen LogP contribution in [0.2, 0.25) is 0 Å². The Morgan fingerprint density at radius 1 is 0.833 bits per heavy atom. The highest BCUT2D eigenvalue weighted by Gasteiger charge is 2.43. The second-order valence-electron chi connectivity index (χ2n) is 10.7. The number of amides is 2. The van der Waals surface area contributed by atoms with E-state index in [4.69, 9.17) is 0 Å². The average molecular weight is 507 g/mol. The number of hydrogen-bond acceptors (Lipinski definition) is 4. The molecule has 2 aromatic rings. The lowest BCUT2D eigenvalue weighted by atomic mass is 9.77. The third-order valence-corrected chi connectivity index (χ3v) is 9.36. The molecule has 6 nitrogen and oxygen atoms in total. The molecule has 1 aliphatic carbocycles. The summed E-state index contributed by atoms with van der Waals surface area (Å²) in [6.45, 7) is 2.62. The lowest BCUT2D eigenvalue weighted by Gasteiger charge is -2.39. The Kier molecular flexibility index (Phi) is 7.02. The number of fused-ring (bicyclic) bond motifs is 1. The van der Waals surface area contributed by atoms with Crippen LogP contribution in [0, 0.1) is 11.3 Å². The minimum absolute atomic E-state index is 0.000323. The summed E-state index contributed by atoms with van der Waals surface area (Å²) < 4.78 is 25.0. The first-order valence-electron chi connectivity index (χ1n) is 12.9. The van der Waals surface area contributed by atoms with Crippen molar-refractivity contribution in [3.05, 3.63) is 76.7 Å². The van der Waals surface area contributed by atoms with Gasteiger partial charge in [0.1, 0.15) is 5.75 Å². The van der Waals surface area contributed by atoms with Crippen molar-refractivity contribution in [2.75, 3.05) is 31.9 Å². The topological polar surface area (TPSA) is 74.8 Å². The normalized spacial score (nSPS) is 19.8. The van der Waals surface area contributed by atoms with Gasteiger partial charge in [-0.05, 0) is 66.2 Å². The highest BCUT2D eigenvalue weighted by atomic mass is 32.2. The summed E-state index contributed by atoms with van der Waals surface area (Å²) in [6.07, 6.45) is 6.72. The van der Waals surface area contributed by atoms with Crippen LogP contribution in [0.4, 0.5) is 0 Å². The van der Waals surface area contributed by atoms with Crippen LogP contribution in [-0.4, -0.2) is 62.0 Å². The van der Waals surface area contributed by atoms with Gasteiger partial charge in [-0.2, -0.15) is 0 Å². The van der Waals surface area contributed by atoms with Gasteiger partial charge in [0, 0.05) is 38.0 Å². The number of hydrogen-bond donors (Lipinski definition) is 0. The predicted octanol–water partition coefficient (Wildman–Crippen LogP) is 3.72. The lowest BCUT2D eigenvalue weighted by molar-refractivity contribution is -0.135. The Morgan fingerprint density at radius 3 is 2.06 bits per heavy atom. The molecule has 0 unspecified atom stereocenters. The van der Waals surface area contributed by atoms with Crippen LogP contribution in [0.5, 0.6) is 0 Å². The van der Waals surface area contributed by atoms with Crippen molar-refractivity contribution in [2.24, 2.45) is 11.3 Å². The van der Waals surface area contributed by atoms with E-state index in [2.05, 4.69) is 24.3 Å². The molecule has 0 bridgehead atoms. The molecule has 2 amide bonds. The molecule has 2 heterocycles. The van der Waals surface area contributed by atoms with Crippen LogP contribution in [0.3, 0.4) is 0 Å². The summed E-state index contributed by atoms with van der Waals surface area (Å²) in [7, 11) is -3.63. The Bertz CT molecular complexity index is 1220. The molecular weight excluding hydrogens is 472 g/mol. The molecule has 0 saturated carbocycles. The summed E-state index contributed by atoms with van der Waals surface area (Å²) >= 11 is 0. The second kappa shape index (κ2) is 10.2. The van der Waals surface area contributed by atoms with Crippen molar-refractivity contribution in [3.63, 3.8) is 0 Å². The van der Waals surface area contributed by atoms with E-state index in [1.807, 2.05) is 35.2 Å². The predicted molar refractivity (Wildman–Crippen MR) is 141 cm³/mol. The minimum atomic E-state index is -3.63. The molecule has 0 N–H and O–H groups in total. The summed E-state index contributed by atoms with van der Waals surface area (Å²) in [5.74, 6) is -0.196. The minimum Gasteiger partial charge on any atom is -0.343 e. The van der Waals surface area contributed by atoms with Crippen molar-refractivity contribution < 1.29 is 18.0 Å². The van der Waals surface area contributed by atoms with E-state index in [9.17, 15) is 18.0 Å². The third kappa shape index (κ3) is 5.72. The summed E-state index contributed by atoms with van der Waals surface area (Å²) in [5.41, 5.74) is 3.54. The van der Waals surface area contributed by atoms with Crippen molar-refractivity contribution in [1.82, 2.24) is 9.80 Å². The Morgan fingerprint density at radius 2 is 1.42 bits per heavy atom. The number of likely N-dealkylation sites (tertiary alicyclic amines) is 2. The van der Waals surface area contributed by atoms with Gasteiger partial charge in [-0.25, -0.2) is 8.42 Å². The number of carbonyl (C=O) groups is 2. The summed E-state index contributed by atoms with van der Waals surface area (Å²) in [6, 6.07) is 17.7. The fraction of sp³-hybridized carbons (Fsp3) is 0.448.